The van der Waals surface area contributed by atoms with Crippen LogP contribution in [0, 0.1) is 0 Å². The van der Waals surface area contributed by atoms with Crippen LogP contribution in [0.5, 0.6) is 0 Å². The highest BCUT2D eigenvalue weighted by atomic mass is 31.2. The zero-order valence-electron chi connectivity index (χ0n) is 15.9. The standard InChI is InChI=1S/C18H27O8P/c1-17(2,27(21,22)23)16(20)15-14(25-18(3,4)26-15)13(19)11-24-10-12-8-6-5-7-9-12/h5-9,13-15,19H,10-11H2,1-4H3,(H2,21,22,23)/t13-,14-,15-/m1/s1. The third kappa shape index (κ3) is 5.23. The normalized spacial score (nSPS) is 24.0. The summed E-state index contributed by atoms with van der Waals surface area (Å²) in [6, 6.07) is 9.36. The smallest absolute Gasteiger partial charge is 0.338 e. The maximum absolute atomic E-state index is 12.8. The molecule has 1 aliphatic rings. The molecule has 1 heterocycles. The number of Topliss-reactive ketones (excluding diaryl/α,β-unsaturated/α-hetero) is 1. The van der Waals surface area contributed by atoms with E-state index in [1.807, 2.05) is 30.3 Å². The lowest BCUT2D eigenvalue weighted by Gasteiger charge is -2.29. The van der Waals surface area contributed by atoms with E-state index in [2.05, 4.69) is 0 Å². The number of benzene rings is 1. The van der Waals surface area contributed by atoms with Gasteiger partial charge in [0.1, 0.15) is 23.5 Å². The predicted octanol–water partition coefficient (Wildman–Crippen LogP) is 1.61. The molecule has 1 aliphatic heterocycles. The van der Waals surface area contributed by atoms with Crippen LogP contribution >= 0.6 is 7.60 Å². The molecule has 0 spiro atoms. The van der Waals surface area contributed by atoms with E-state index in [0.29, 0.717) is 0 Å². The van der Waals surface area contributed by atoms with E-state index < -0.39 is 42.6 Å². The van der Waals surface area contributed by atoms with Crippen LogP contribution in [0.1, 0.15) is 33.3 Å². The van der Waals surface area contributed by atoms with Gasteiger partial charge < -0.3 is 29.1 Å². The minimum Gasteiger partial charge on any atom is -0.388 e. The fraction of sp³-hybridized carbons (Fsp3) is 0.611. The minimum atomic E-state index is -4.73. The van der Waals surface area contributed by atoms with Crippen molar-refractivity contribution in [3.8, 4) is 0 Å². The fourth-order valence-corrected chi connectivity index (χ4v) is 3.15. The van der Waals surface area contributed by atoms with Crippen LogP contribution in [0.25, 0.3) is 0 Å². The first-order valence-corrected chi connectivity index (χ1v) is 10.2. The first-order chi connectivity index (χ1) is 12.3. The summed E-state index contributed by atoms with van der Waals surface area (Å²) >= 11 is 0. The lowest BCUT2D eigenvalue weighted by atomic mass is 9.96. The molecule has 0 bridgehead atoms. The Hall–Kier alpha value is -1.12. The molecule has 2 rings (SSSR count). The lowest BCUT2D eigenvalue weighted by Crippen LogP contribution is -2.49. The molecule has 0 radical (unpaired) electrons. The van der Waals surface area contributed by atoms with Crippen LogP contribution in [-0.2, 0) is 30.2 Å². The van der Waals surface area contributed by atoms with E-state index in [4.69, 9.17) is 14.2 Å². The molecule has 0 amide bonds. The summed E-state index contributed by atoms with van der Waals surface area (Å²) in [5.74, 6) is -2.01. The second-order valence-electron chi connectivity index (χ2n) is 7.56. The number of ketones is 1. The van der Waals surface area contributed by atoms with Crippen molar-refractivity contribution >= 4 is 13.4 Å². The summed E-state index contributed by atoms with van der Waals surface area (Å²) in [7, 11) is -4.73. The SMILES string of the molecule is CC1(C)O[C@H]([C@H](O)COCc2ccccc2)[C@H](C(=O)C(C)(C)P(=O)(O)O)O1. The molecule has 0 aromatic heterocycles. The highest BCUT2D eigenvalue weighted by Gasteiger charge is 2.56. The zero-order valence-corrected chi connectivity index (χ0v) is 16.8. The molecule has 0 unspecified atom stereocenters. The fourth-order valence-electron chi connectivity index (χ4n) is 2.73. The Morgan fingerprint density at radius 3 is 2.41 bits per heavy atom. The van der Waals surface area contributed by atoms with Gasteiger partial charge in [0.2, 0.25) is 0 Å². The molecule has 152 valence electrons. The Morgan fingerprint density at radius 2 is 1.85 bits per heavy atom. The quantitative estimate of drug-likeness (QED) is 0.561. The first-order valence-electron chi connectivity index (χ1n) is 8.60. The van der Waals surface area contributed by atoms with Gasteiger partial charge in [-0.05, 0) is 33.3 Å². The number of hydrogen-bond donors (Lipinski definition) is 3. The van der Waals surface area contributed by atoms with E-state index in [-0.39, 0.29) is 13.2 Å². The van der Waals surface area contributed by atoms with Gasteiger partial charge in [-0.25, -0.2) is 0 Å². The second-order valence-corrected chi connectivity index (χ2v) is 9.76. The molecule has 8 nitrogen and oxygen atoms in total. The maximum Gasteiger partial charge on any atom is 0.338 e. The minimum absolute atomic E-state index is 0.126. The largest absolute Gasteiger partial charge is 0.388 e. The van der Waals surface area contributed by atoms with E-state index >= 15 is 0 Å². The van der Waals surface area contributed by atoms with Gasteiger partial charge >= 0.3 is 7.60 Å². The molecule has 3 atom stereocenters. The highest BCUT2D eigenvalue weighted by Crippen LogP contribution is 2.52. The number of carbonyl (C=O) groups excluding carboxylic acids is 1. The summed E-state index contributed by atoms with van der Waals surface area (Å²) in [5, 5.41) is 8.50. The van der Waals surface area contributed by atoms with Crippen LogP contribution in [-0.4, -0.2) is 56.5 Å². The molecule has 1 aromatic rings. The molecule has 3 N–H and O–H groups in total. The molecule has 1 aromatic carbocycles. The number of rotatable bonds is 8. The molecular formula is C18H27O8P. The van der Waals surface area contributed by atoms with Gasteiger partial charge in [0, 0.05) is 0 Å². The van der Waals surface area contributed by atoms with Gasteiger partial charge in [0.15, 0.2) is 11.6 Å². The van der Waals surface area contributed by atoms with E-state index in [1.54, 1.807) is 13.8 Å². The van der Waals surface area contributed by atoms with Crippen molar-refractivity contribution in [3.05, 3.63) is 35.9 Å². The van der Waals surface area contributed by atoms with Gasteiger partial charge in [0.05, 0.1) is 13.2 Å². The summed E-state index contributed by atoms with van der Waals surface area (Å²) in [6.45, 7) is 5.57. The lowest BCUT2D eigenvalue weighted by molar-refractivity contribution is -0.162. The third-order valence-electron chi connectivity index (χ3n) is 4.50. The zero-order chi connectivity index (χ0) is 20.5. The monoisotopic (exact) mass is 402 g/mol. The van der Waals surface area contributed by atoms with Crippen LogP contribution in [0.3, 0.4) is 0 Å². The molecule has 1 fully saturated rings. The Morgan fingerprint density at radius 1 is 1.26 bits per heavy atom. The van der Waals surface area contributed by atoms with Crippen LogP contribution < -0.4 is 0 Å². The predicted molar refractivity (Wildman–Crippen MR) is 97.1 cm³/mol. The average molecular weight is 402 g/mol. The third-order valence-corrected chi connectivity index (χ3v) is 6.17. The summed E-state index contributed by atoms with van der Waals surface area (Å²) < 4.78 is 28.4. The van der Waals surface area contributed by atoms with Crippen LogP contribution in [0.15, 0.2) is 30.3 Å². The van der Waals surface area contributed by atoms with Crippen molar-refractivity contribution in [3.63, 3.8) is 0 Å². The second kappa shape index (κ2) is 8.09. The van der Waals surface area contributed by atoms with Gasteiger partial charge in [-0.1, -0.05) is 30.3 Å². The topological polar surface area (TPSA) is 123 Å². The van der Waals surface area contributed by atoms with Crippen molar-refractivity contribution in [2.24, 2.45) is 0 Å². The number of aliphatic hydroxyl groups excluding tert-OH is 1. The van der Waals surface area contributed by atoms with Gasteiger partial charge in [-0.3, -0.25) is 9.36 Å². The number of ether oxygens (including phenoxy) is 3. The molecule has 1 saturated heterocycles. The van der Waals surface area contributed by atoms with Gasteiger partial charge in [-0.2, -0.15) is 0 Å². The van der Waals surface area contributed by atoms with E-state index in [9.17, 15) is 24.3 Å². The van der Waals surface area contributed by atoms with Crippen molar-refractivity contribution in [2.45, 2.75) is 63.6 Å². The Bertz CT molecular complexity index is 697. The molecule has 9 heteroatoms. The van der Waals surface area contributed by atoms with Crippen LogP contribution in [0.4, 0.5) is 0 Å². The van der Waals surface area contributed by atoms with Crippen molar-refractivity contribution in [2.75, 3.05) is 6.61 Å². The number of carbonyl (C=O) groups is 1. The molecular weight excluding hydrogens is 375 g/mol. The Balaban J connectivity index is 2.08. The van der Waals surface area contributed by atoms with Gasteiger partial charge in [-0.15, -0.1) is 0 Å². The summed E-state index contributed by atoms with van der Waals surface area (Å²) in [5.41, 5.74) is 0.920. The summed E-state index contributed by atoms with van der Waals surface area (Å²) in [4.78, 5) is 31.8. The van der Waals surface area contributed by atoms with Gasteiger partial charge in [0.25, 0.3) is 0 Å². The molecule has 0 saturated carbocycles. The van der Waals surface area contributed by atoms with Crippen molar-refractivity contribution in [1.82, 2.24) is 0 Å². The molecule has 0 aliphatic carbocycles. The van der Waals surface area contributed by atoms with E-state index in [0.717, 1.165) is 19.4 Å². The number of aliphatic hydroxyl groups is 1. The van der Waals surface area contributed by atoms with E-state index in [1.165, 1.54) is 0 Å². The average Bonchev–Trinajstić information content (AvgIpc) is 2.89. The Kier molecular flexibility index (Phi) is 6.64. The Labute approximate surface area is 158 Å². The highest BCUT2D eigenvalue weighted by molar-refractivity contribution is 7.54. The first kappa shape index (κ1) is 22.2. The number of hydrogen-bond acceptors (Lipinski definition) is 6. The molecule has 27 heavy (non-hydrogen) atoms. The van der Waals surface area contributed by atoms with Crippen molar-refractivity contribution in [1.29, 1.82) is 0 Å². The van der Waals surface area contributed by atoms with Crippen LogP contribution in [0.2, 0.25) is 0 Å². The maximum atomic E-state index is 12.8. The summed E-state index contributed by atoms with van der Waals surface area (Å²) in [6.07, 6.45) is -3.64. The van der Waals surface area contributed by atoms with Crippen molar-refractivity contribution < 1.29 is 38.5 Å².